The summed E-state index contributed by atoms with van der Waals surface area (Å²) in [6.45, 7) is 13.0. The highest BCUT2D eigenvalue weighted by Gasteiger charge is 2.51. The van der Waals surface area contributed by atoms with Crippen LogP contribution in [0.2, 0.25) is 0 Å². The molecule has 5 rings (SSSR count). The number of aromatic amines is 1. The van der Waals surface area contributed by atoms with Gasteiger partial charge in [-0.25, -0.2) is 4.79 Å². The molecule has 0 bridgehead atoms. The predicted molar refractivity (Wildman–Crippen MR) is 254 cm³/mol. The van der Waals surface area contributed by atoms with Crippen LogP contribution in [0.3, 0.4) is 0 Å². The molecule has 0 unspecified atom stereocenters. The zero-order valence-corrected chi connectivity index (χ0v) is 40.9. The van der Waals surface area contributed by atoms with Crippen molar-refractivity contribution >= 4 is 47.3 Å². The fourth-order valence-electron chi connectivity index (χ4n) is 7.94. The molecule has 2 aromatic carbocycles. The van der Waals surface area contributed by atoms with Crippen molar-refractivity contribution in [2.75, 3.05) is 25.6 Å². The molecule has 4 amide bonds. The first kappa shape index (κ1) is 53.3. The molecule has 6 atom stereocenters. The Morgan fingerprint density at radius 3 is 2.33 bits per heavy atom. The maximum Gasteiger partial charge on any atom is 0.330 e. The van der Waals surface area contributed by atoms with Crippen LogP contribution >= 0.6 is 11.8 Å². The molecule has 0 aliphatic carbocycles. The smallest absolute Gasteiger partial charge is 0.330 e. The number of H-pyrrole nitrogens is 1. The van der Waals surface area contributed by atoms with Gasteiger partial charge in [0.1, 0.15) is 37.3 Å². The summed E-state index contributed by atoms with van der Waals surface area (Å²) in [5.41, 5.74) is 9.76. The van der Waals surface area contributed by atoms with Gasteiger partial charge in [0.2, 0.25) is 17.9 Å². The van der Waals surface area contributed by atoms with Crippen LogP contribution in [-0.2, 0) is 49.4 Å². The van der Waals surface area contributed by atoms with Gasteiger partial charge in [-0.15, -0.1) is 11.8 Å². The SMILES string of the molecule is Cc1cccc(C)c1OCC(=O)N[C@@H](Cc1ccccc1)[C@H](OC(=O)CCCC(=O)NCC(=O)OC[C@@H]1O[C@H](n2cc(C)c(=O)[nH]c2=O)C[C@H]1N=[N+]=[N-])C(=O)N1CSC(C)(C)[C@H]1C(=O)NC(C)(C)C. The highest BCUT2D eigenvalue weighted by molar-refractivity contribution is 8.00. The van der Waals surface area contributed by atoms with Crippen molar-refractivity contribution < 1.29 is 47.7 Å². The highest BCUT2D eigenvalue weighted by atomic mass is 32.2. The Balaban J connectivity index is 1.24. The summed E-state index contributed by atoms with van der Waals surface area (Å²) in [7, 11) is 0. The Labute approximate surface area is 403 Å². The molecule has 69 heavy (non-hydrogen) atoms. The number of hydrogen-bond donors (Lipinski definition) is 4. The lowest BCUT2D eigenvalue weighted by atomic mass is 9.96. The number of carbonyl (C=O) groups excluding carboxylic acids is 6. The van der Waals surface area contributed by atoms with Crippen molar-refractivity contribution in [3.8, 4) is 5.75 Å². The number of amides is 4. The summed E-state index contributed by atoms with van der Waals surface area (Å²) in [5.74, 6) is -3.38. The Bertz CT molecular complexity index is 2520. The normalized spacial score (nSPS) is 19.3. The molecule has 0 radical (unpaired) electrons. The maximum atomic E-state index is 14.9. The molecule has 4 N–H and O–H groups in total. The minimum absolute atomic E-state index is 0.0514. The quantitative estimate of drug-likeness (QED) is 0.0546. The van der Waals surface area contributed by atoms with Gasteiger partial charge in [-0.1, -0.05) is 53.6 Å². The molecule has 0 saturated carbocycles. The molecule has 2 aliphatic rings. The van der Waals surface area contributed by atoms with Crippen molar-refractivity contribution in [2.24, 2.45) is 5.11 Å². The number of ether oxygens (including phenoxy) is 4. The van der Waals surface area contributed by atoms with E-state index in [4.69, 9.17) is 24.5 Å². The molecule has 2 aliphatic heterocycles. The fourth-order valence-corrected chi connectivity index (χ4v) is 9.08. The van der Waals surface area contributed by atoms with Gasteiger partial charge in [-0.05, 0) is 90.5 Å². The van der Waals surface area contributed by atoms with Crippen LogP contribution in [0.15, 0.2) is 69.4 Å². The lowest BCUT2D eigenvalue weighted by molar-refractivity contribution is -0.164. The number of nitrogens with one attached hydrogen (secondary N) is 4. The van der Waals surface area contributed by atoms with E-state index in [2.05, 4.69) is 31.0 Å². The summed E-state index contributed by atoms with van der Waals surface area (Å²) >= 11 is 1.38. The van der Waals surface area contributed by atoms with Crippen molar-refractivity contribution in [3.05, 3.63) is 108 Å². The molecule has 21 nitrogen and oxygen atoms in total. The number of para-hydroxylation sites is 1. The molecule has 2 fully saturated rings. The summed E-state index contributed by atoms with van der Waals surface area (Å²) < 4.78 is 23.5. The second-order valence-corrected chi connectivity index (χ2v) is 20.1. The number of esters is 2. The second-order valence-electron chi connectivity index (χ2n) is 18.5. The molecule has 372 valence electrons. The monoisotopic (exact) mass is 975 g/mol. The Morgan fingerprint density at radius 2 is 1.67 bits per heavy atom. The van der Waals surface area contributed by atoms with Crippen molar-refractivity contribution in [2.45, 2.75) is 134 Å². The van der Waals surface area contributed by atoms with Gasteiger partial charge >= 0.3 is 17.6 Å². The van der Waals surface area contributed by atoms with Crippen molar-refractivity contribution in [1.29, 1.82) is 0 Å². The van der Waals surface area contributed by atoms with E-state index < -0.39 is 107 Å². The first-order valence-corrected chi connectivity index (χ1v) is 23.5. The zero-order valence-electron chi connectivity index (χ0n) is 40.1. The molecule has 3 heterocycles. The standard InChI is InChI=1S/C47H61N9O12S/c1-27-14-12-15-28(2)39(27)66-25-35(58)50-32(20-30-16-10-9-11-17-30)40(44(63)56-26-69-47(7,8)41(56)43(62)52-46(4,5)6)68-37(59)19-13-18-34(57)49-22-38(60)65-24-33-31(53-54-48)21-36(67-33)55-23-29(3)42(61)51-45(55)64/h9-12,14-17,23,31-33,36,40-41H,13,18-22,24-26H2,1-8H3,(H,49,57)(H,50,58)(H,52,62)(H,51,61,64)/t31-,32+,33+,36+,40+,41-/m1/s1. The van der Waals surface area contributed by atoms with Crippen LogP contribution in [0.4, 0.5) is 0 Å². The number of aromatic nitrogens is 2. The minimum Gasteiger partial charge on any atom is -0.483 e. The second kappa shape index (κ2) is 23.6. The third-order valence-electron chi connectivity index (χ3n) is 11.3. The van der Waals surface area contributed by atoms with Gasteiger partial charge in [-0.3, -0.25) is 43.1 Å². The lowest BCUT2D eigenvalue weighted by Crippen LogP contribution is -2.61. The van der Waals surface area contributed by atoms with Crippen molar-refractivity contribution in [1.82, 2.24) is 30.4 Å². The van der Waals surface area contributed by atoms with E-state index in [1.807, 2.05) is 72.7 Å². The van der Waals surface area contributed by atoms with E-state index in [0.29, 0.717) is 11.3 Å². The van der Waals surface area contributed by atoms with E-state index >= 15 is 0 Å². The van der Waals surface area contributed by atoms with Gasteiger partial charge < -0.3 is 39.8 Å². The first-order valence-electron chi connectivity index (χ1n) is 22.5. The molecule has 0 spiro atoms. The third kappa shape index (κ3) is 14.9. The van der Waals surface area contributed by atoms with Gasteiger partial charge in [0.15, 0.2) is 6.61 Å². The van der Waals surface area contributed by atoms with E-state index in [0.717, 1.165) is 15.7 Å². The lowest BCUT2D eigenvalue weighted by Gasteiger charge is -2.36. The number of aryl methyl sites for hydroxylation is 3. The largest absolute Gasteiger partial charge is 0.483 e. The van der Waals surface area contributed by atoms with Gasteiger partial charge in [-0.2, -0.15) is 0 Å². The molecule has 2 saturated heterocycles. The summed E-state index contributed by atoms with van der Waals surface area (Å²) in [5, 5.41) is 12.0. The Kier molecular flexibility index (Phi) is 18.2. The van der Waals surface area contributed by atoms with Crippen LogP contribution in [-0.4, -0.2) is 116 Å². The number of hydrogen-bond acceptors (Lipinski definition) is 14. The van der Waals surface area contributed by atoms with Crippen LogP contribution in [0, 0.1) is 20.8 Å². The summed E-state index contributed by atoms with van der Waals surface area (Å²) in [6.07, 6.45) is -2.68. The van der Waals surface area contributed by atoms with Crippen LogP contribution in [0.5, 0.6) is 5.75 Å². The number of carbonyl (C=O) groups is 6. The molecular weight excluding hydrogens is 915 g/mol. The maximum absolute atomic E-state index is 14.9. The van der Waals surface area contributed by atoms with Crippen LogP contribution < -0.4 is 31.9 Å². The number of azide groups is 1. The Morgan fingerprint density at radius 1 is 0.971 bits per heavy atom. The van der Waals surface area contributed by atoms with Crippen LogP contribution in [0.25, 0.3) is 10.4 Å². The topological polar surface area (TPSA) is 282 Å². The number of nitrogens with zero attached hydrogens (tertiary/aromatic N) is 5. The predicted octanol–water partition coefficient (Wildman–Crippen LogP) is 3.57. The van der Waals surface area contributed by atoms with E-state index in [9.17, 15) is 38.4 Å². The summed E-state index contributed by atoms with van der Waals surface area (Å²) in [4.78, 5) is 112. The number of benzene rings is 2. The van der Waals surface area contributed by atoms with Crippen LogP contribution in [0.1, 0.15) is 88.8 Å². The van der Waals surface area contributed by atoms with Gasteiger partial charge in [0, 0.05) is 46.2 Å². The van der Waals surface area contributed by atoms with E-state index in [1.54, 1.807) is 24.3 Å². The third-order valence-corrected chi connectivity index (χ3v) is 12.7. The average Bonchev–Trinajstić information content (AvgIpc) is 3.83. The van der Waals surface area contributed by atoms with Crippen molar-refractivity contribution in [3.63, 3.8) is 0 Å². The Hall–Kier alpha value is -6.64. The molecule has 22 heteroatoms. The number of rotatable bonds is 20. The average molecular weight is 976 g/mol. The first-order chi connectivity index (χ1) is 32.6. The summed E-state index contributed by atoms with van der Waals surface area (Å²) in [6, 6.07) is 11.7. The molecular formula is C47H61N9O12S. The number of thioether (sulfide) groups is 1. The van der Waals surface area contributed by atoms with Gasteiger partial charge in [0.05, 0.1) is 18.0 Å². The fraction of sp³-hybridized carbons (Fsp3) is 0.532. The van der Waals surface area contributed by atoms with E-state index in [-0.39, 0.29) is 50.2 Å². The highest BCUT2D eigenvalue weighted by Crippen LogP contribution is 2.40. The van der Waals surface area contributed by atoms with Gasteiger partial charge in [0.25, 0.3) is 17.4 Å². The van der Waals surface area contributed by atoms with E-state index in [1.165, 1.54) is 29.8 Å². The minimum atomic E-state index is -1.62. The zero-order chi connectivity index (χ0) is 50.6. The molecule has 3 aromatic rings. The molecule has 1 aromatic heterocycles.